The number of hydrogen-bond donors (Lipinski definition) is 3. The van der Waals surface area contributed by atoms with E-state index in [4.69, 9.17) is 0 Å². The average molecular weight is 391 g/mol. The molecule has 9 heteroatoms. The standard InChI is InChI=1S/C19H14F3N5O.3H2/c20-19(21,22)14-6-7-15(24-12-4-1-3-11(9-12)10-28)25-17(14)16-13-5-2-8-23-18(13)27-26-16;;;/h1-9,28H,10H2,(H,24,25)(H,23,26,27);3*1H. The van der Waals surface area contributed by atoms with Crippen LogP contribution in [0.15, 0.2) is 54.7 Å². The lowest BCUT2D eigenvalue weighted by atomic mass is 10.1. The fraction of sp³-hybridized carbons (Fsp3) is 0.105. The van der Waals surface area contributed by atoms with E-state index in [-0.39, 0.29) is 28.1 Å². The summed E-state index contributed by atoms with van der Waals surface area (Å²) in [4.78, 5) is 8.23. The first-order chi connectivity index (χ1) is 13.5. The van der Waals surface area contributed by atoms with Crippen LogP contribution in [0, 0.1) is 0 Å². The second kappa shape index (κ2) is 6.93. The van der Waals surface area contributed by atoms with Crippen molar-refractivity contribution in [3.05, 3.63) is 65.9 Å². The molecule has 148 valence electrons. The molecule has 1 aromatic carbocycles. The SMILES string of the molecule is OCc1cccc(Nc2ccc(C(F)(F)F)c(-c3[nH]nc4ncccc34)n2)c1.[HH].[HH].[HH]. The third-order valence-corrected chi connectivity index (χ3v) is 4.15. The molecule has 0 unspecified atom stereocenters. The number of hydrogen-bond acceptors (Lipinski definition) is 5. The zero-order valence-electron chi connectivity index (χ0n) is 14.3. The number of nitrogens with zero attached hydrogens (tertiary/aromatic N) is 3. The van der Waals surface area contributed by atoms with Gasteiger partial charge in [0.05, 0.1) is 17.9 Å². The Morgan fingerprint density at radius 3 is 2.75 bits per heavy atom. The summed E-state index contributed by atoms with van der Waals surface area (Å²) in [5.74, 6) is 0.227. The van der Waals surface area contributed by atoms with Crippen LogP contribution in [-0.4, -0.2) is 25.3 Å². The first kappa shape index (κ1) is 17.9. The number of aliphatic hydroxyl groups excluding tert-OH is 1. The number of rotatable bonds is 4. The van der Waals surface area contributed by atoms with Crippen molar-refractivity contribution in [2.45, 2.75) is 12.8 Å². The van der Waals surface area contributed by atoms with Crippen LogP contribution < -0.4 is 5.32 Å². The molecule has 0 amide bonds. The highest BCUT2D eigenvalue weighted by Gasteiger charge is 2.35. The molecule has 3 aromatic heterocycles. The minimum Gasteiger partial charge on any atom is -0.392 e. The van der Waals surface area contributed by atoms with Gasteiger partial charge in [0.15, 0.2) is 5.65 Å². The van der Waals surface area contributed by atoms with Crippen LogP contribution in [0.4, 0.5) is 24.7 Å². The molecular weight excluding hydrogens is 371 g/mol. The number of fused-ring (bicyclic) bond motifs is 1. The first-order valence-corrected chi connectivity index (χ1v) is 8.30. The van der Waals surface area contributed by atoms with Crippen molar-refractivity contribution in [3.8, 4) is 11.4 Å². The summed E-state index contributed by atoms with van der Waals surface area (Å²) in [5, 5.41) is 19.2. The summed E-state index contributed by atoms with van der Waals surface area (Å²) in [6, 6.07) is 12.4. The number of anilines is 2. The van der Waals surface area contributed by atoms with Gasteiger partial charge in [-0.25, -0.2) is 9.97 Å². The third kappa shape index (κ3) is 3.39. The minimum atomic E-state index is -4.59. The van der Waals surface area contributed by atoms with E-state index in [0.717, 1.165) is 6.07 Å². The van der Waals surface area contributed by atoms with E-state index in [1.165, 1.54) is 12.3 Å². The molecule has 0 aliphatic heterocycles. The van der Waals surface area contributed by atoms with E-state index in [1.807, 2.05) is 0 Å². The van der Waals surface area contributed by atoms with Gasteiger partial charge in [0, 0.05) is 21.6 Å². The molecule has 0 saturated heterocycles. The number of alkyl halides is 3. The van der Waals surface area contributed by atoms with Gasteiger partial charge in [0.25, 0.3) is 0 Å². The van der Waals surface area contributed by atoms with Crippen LogP contribution >= 0.6 is 0 Å². The van der Waals surface area contributed by atoms with Crippen LogP contribution in [0.1, 0.15) is 15.4 Å². The van der Waals surface area contributed by atoms with Gasteiger partial charge in [-0.05, 0) is 42.0 Å². The van der Waals surface area contributed by atoms with E-state index in [1.54, 1.807) is 36.4 Å². The Kier molecular flexibility index (Phi) is 4.44. The van der Waals surface area contributed by atoms with Gasteiger partial charge in [-0.2, -0.15) is 18.3 Å². The Hall–Kier alpha value is -3.46. The smallest absolute Gasteiger partial charge is 0.392 e. The second-order valence-corrected chi connectivity index (χ2v) is 6.05. The molecular formula is C19H20F3N5O. The predicted octanol–water partition coefficient (Wildman–Crippen LogP) is 5.01. The maximum atomic E-state index is 13.6. The molecule has 28 heavy (non-hydrogen) atoms. The van der Waals surface area contributed by atoms with Crippen LogP contribution in [-0.2, 0) is 12.8 Å². The van der Waals surface area contributed by atoms with Gasteiger partial charge in [0.1, 0.15) is 11.5 Å². The molecule has 0 aliphatic carbocycles. The third-order valence-electron chi connectivity index (χ3n) is 4.15. The molecule has 0 fully saturated rings. The summed E-state index contributed by atoms with van der Waals surface area (Å²) in [6.45, 7) is -0.144. The summed E-state index contributed by atoms with van der Waals surface area (Å²) >= 11 is 0. The summed E-state index contributed by atoms with van der Waals surface area (Å²) in [7, 11) is 0. The fourth-order valence-corrected chi connectivity index (χ4v) is 2.87. The number of aromatic amines is 1. The number of benzene rings is 1. The maximum absolute atomic E-state index is 13.6. The summed E-state index contributed by atoms with van der Waals surface area (Å²) in [6.07, 6.45) is -3.07. The number of aliphatic hydroxyl groups is 1. The maximum Gasteiger partial charge on any atom is 0.418 e. The topological polar surface area (TPSA) is 86.7 Å². The van der Waals surface area contributed by atoms with E-state index >= 15 is 0 Å². The van der Waals surface area contributed by atoms with Crippen molar-refractivity contribution in [3.63, 3.8) is 0 Å². The lowest BCUT2D eigenvalue weighted by molar-refractivity contribution is -0.137. The molecule has 0 aliphatic rings. The minimum absolute atomic E-state index is 0. The molecule has 0 atom stereocenters. The van der Waals surface area contributed by atoms with Gasteiger partial charge in [-0.3, -0.25) is 5.10 Å². The van der Waals surface area contributed by atoms with Gasteiger partial charge in [0.2, 0.25) is 0 Å². The van der Waals surface area contributed by atoms with Crippen LogP contribution in [0.2, 0.25) is 0 Å². The predicted molar refractivity (Wildman–Crippen MR) is 104 cm³/mol. The van der Waals surface area contributed by atoms with Crippen molar-refractivity contribution >= 4 is 22.5 Å². The van der Waals surface area contributed by atoms with Crippen LogP contribution in [0.25, 0.3) is 22.4 Å². The number of H-pyrrole nitrogens is 1. The van der Waals surface area contributed by atoms with Crippen molar-refractivity contribution in [1.29, 1.82) is 0 Å². The largest absolute Gasteiger partial charge is 0.418 e. The Labute approximate surface area is 161 Å². The van der Waals surface area contributed by atoms with Gasteiger partial charge in [-0.1, -0.05) is 12.1 Å². The molecule has 0 bridgehead atoms. The number of aromatic nitrogens is 4. The fourth-order valence-electron chi connectivity index (χ4n) is 2.87. The van der Waals surface area contributed by atoms with Crippen molar-refractivity contribution in [2.75, 3.05) is 5.32 Å². The van der Waals surface area contributed by atoms with Crippen LogP contribution in [0.5, 0.6) is 0 Å². The molecule has 0 saturated carbocycles. The number of halogens is 3. The molecule has 0 spiro atoms. The molecule has 4 aromatic rings. The molecule has 6 nitrogen and oxygen atoms in total. The summed E-state index contributed by atoms with van der Waals surface area (Å²) < 4.78 is 40.7. The quantitative estimate of drug-likeness (QED) is 0.455. The van der Waals surface area contributed by atoms with Gasteiger partial charge < -0.3 is 10.4 Å². The first-order valence-electron chi connectivity index (χ1n) is 8.30. The Bertz CT molecular complexity index is 1150. The zero-order chi connectivity index (χ0) is 19.7. The second-order valence-electron chi connectivity index (χ2n) is 6.05. The average Bonchev–Trinajstić information content (AvgIpc) is 3.11. The number of pyridine rings is 2. The highest BCUT2D eigenvalue weighted by Crippen LogP contribution is 2.38. The molecule has 4 rings (SSSR count). The Morgan fingerprint density at radius 2 is 1.96 bits per heavy atom. The monoisotopic (exact) mass is 391 g/mol. The highest BCUT2D eigenvalue weighted by atomic mass is 19.4. The Balaban J connectivity index is 0.00000160. The highest BCUT2D eigenvalue weighted by molar-refractivity contribution is 5.90. The summed E-state index contributed by atoms with van der Waals surface area (Å²) in [5.41, 5.74) is 0.566. The van der Waals surface area contributed by atoms with E-state index in [9.17, 15) is 18.3 Å². The van der Waals surface area contributed by atoms with Crippen LogP contribution in [0.3, 0.4) is 0 Å². The molecule has 3 N–H and O–H groups in total. The number of nitrogens with one attached hydrogen (secondary N) is 2. The lowest BCUT2D eigenvalue weighted by Crippen LogP contribution is -2.10. The van der Waals surface area contributed by atoms with Crippen molar-refractivity contribution < 1.29 is 22.6 Å². The van der Waals surface area contributed by atoms with Gasteiger partial charge >= 0.3 is 6.18 Å². The van der Waals surface area contributed by atoms with Crippen molar-refractivity contribution in [1.82, 2.24) is 20.2 Å². The normalized spacial score (nSPS) is 11.7. The van der Waals surface area contributed by atoms with E-state index in [0.29, 0.717) is 22.3 Å². The van der Waals surface area contributed by atoms with Crippen molar-refractivity contribution in [2.24, 2.45) is 0 Å². The lowest BCUT2D eigenvalue weighted by Gasteiger charge is -2.14. The molecule has 3 heterocycles. The van der Waals surface area contributed by atoms with E-state index < -0.39 is 11.7 Å². The zero-order valence-corrected chi connectivity index (χ0v) is 14.3. The Morgan fingerprint density at radius 1 is 1.11 bits per heavy atom. The van der Waals surface area contributed by atoms with Gasteiger partial charge in [-0.15, -0.1) is 0 Å². The van der Waals surface area contributed by atoms with E-state index in [2.05, 4.69) is 25.5 Å². The molecule has 0 radical (unpaired) electrons.